The average molecular weight is 506 g/mol. The van der Waals surface area contributed by atoms with E-state index >= 15 is 0 Å². The molecule has 0 amide bonds. The number of alkyl halides is 6. The van der Waals surface area contributed by atoms with Crippen molar-refractivity contribution < 1.29 is 40.1 Å². The highest BCUT2D eigenvalue weighted by atomic mass is 32.2. The molecule has 2 aromatic rings. The number of aryl methyl sites for hydroxylation is 2. The quantitative estimate of drug-likeness (QED) is 0.217. The molecule has 0 aliphatic rings. The smallest absolute Gasteiger partial charge is 0.422 e. The van der Waals surface area contributed by atoms with E-state index in [1.54, 1.807) is 6.07 Å². The Bertz CT molecular complexity index is 850. The van der Waals surface area contributed by atoms with Crippen LogP contribution in [0.15, 0.2) is 24.5 Å². The van der Waals surface area contributed by atoms with Gasteiger partial charge in [-0.15, -0.1) is 0 Å². The summed E-state index contributed by atoms with van der Waals surface area (Å²) in [7, 11) is 1.30. The molecule has 180 valence electrons. The first-order chi connectivity index (χ1) is 14.4. The van der Waals surface area contributed by atoms with E-state index < -0.39 is 37.3 Å². The Labute approximate surface area is 191 Å². The second-order valence-electron chi connectivity index (χ2n) is 6.22. The number of halogens is 6. The monoisotopic (exact) mass is 506 g/mol. The summed E-state index contributed by atoms with van der Waals surface area (Å²) in [5.74, 6) is -1.26. The minimum atomic E-state index is -4.69. The van der Waals surface area contributed by atoms with Gasteiger partial charge in [-0.25, -0.2) is 0 Å². The molecular formula is C17H20F6N4O3S2. The first-order valence-electron chi connectivity index (χ1n) is 8.50. The van der Waals surface area contributed by atoms with Crippen molar-refractivity contribution in [2.75, 3.05) is 30.0 Å². The van der Waals surface area contributed by atoms with Crippen LogP contribution in [0.25, 0.3) is 0 Å². The lowest BCUT2D eigenvalue weighted by atomic mass is 10.1. The minimum Gasteiger partial charge on any atom is -0.466 e. The number of benzene rings is 1. The summed E-state index contributed by atoms with van der Waals surface area (Å²) in [5, 5.41) is 0. The summed E-state index contributed by atoms with van der Waals surface area (Å²) in [6.07, 6.45) is -8.65. The first kappa shape index (κ1) is 27.8. The largest absolute Gasteiger partial charge is 0.466 e. The Morgan fingerprint density at radius 1 is 0.969 bits per heavy atom. The van der Waals surface area contributed by atoms with Crippen LogP contribution in [0, 0.1) is 13.8 Å². The molecule has 0 fully saturated rings. The lowest BCUT2D eigenvalue weighted by Gasteiger charge is -2.22. The molecule has 7 nitrogen and oxygen atoms in total. The summed E-state index contributed by atoms with van der Waals surface area (Å²) >= 11 is 0.552. The number of nitrogens with one attached hydrogen (secondary N) is 1. The maximum atomic E-state index is 12.5. The van der Waals surface area contributed by atoms with E-state index in [1.165, 1.54) is 7.05 Å². The summed E-state index contributed by atoms with van der Waals surface area (Å²) in [5.41, 5.74) is 4.75. The number of hydrogen-bond donors (Lipinski definition) is 1. The van der Waals surface area contributed by atoms with Gasteiger partial charge >= 0.3 is 12.4 Å². The van der Waals surface area contributed by atoms with Gasteiger partial charge in [-0.2, -0.15) is 54.1 Å². The standard InChI is InChI=1S/C17H18F6N4O3S.H2S/c1-10-4-5-12(11(2)6-10)26-30-31-27(3)13-14(28-7-16(18,19)20)24-9-25-15(13)29-8-17(21,22)23;/h4-6,9,26H,7-8H2,1-3H3;1H2. The fraction of sp³-hybridized carbons (Fsp3) is 0.412. The molecule has 0 aliphatic heterocycles. The van der Waals surface area contributed by atoms with Gasteiger partial charge in [0.05, 0.1) is 5.69 Å². The van der Waals surface area contributed by atoms with Crippen molar-refractivity contribution in [2.24, 2.45) is 0 Å². The maximum Gasteiger partial charge on any atom is 0.422 e. The molecule has 0 spiro atoms. The third-order valence-electron chi connectivity index (χ3n) is 3.50. The zero-order valence-electron chi connectivity index (χ0n) is 17.0. The first-order valence-corrected chi connectivity index (χ1v) is 9.20. The predicted molar refractivity (Wildman–Crippen MR) is 112 cm³/mol. The molecule has 1 aromatic carbocycles. The van der Waals surface area contributed by atoms with Crippen LogP contribution in [0.2, 0.25) is 0 Å². The van der Waals surface area contributed by atoms with E-state index in [0.29, 0.717) is 17.9 Å². The molecule has 1 heterocycles. The van der Waals surface area contributed by atoms with E-state index in [4.69, 9.17) is 4.28 Å². The number of hydrogen-bond acceptors (Lipinski definition) is 8. The fourth-order valence-corrected chi connectivity index (χ4v) is 2.68. The molecule has 0 saturated heterocycles. The molecular weight excluding hydrogens is 486 g/mol. The second kappa shape index (κ2) is 11.6. The molecule has 0 radical (unpaired) electrons. The summed E-state index contributed by atoms with van der Waals surface area (Å²) < 4.78 is 90.8. The van der Waals surface area contributed by atoms with Gasteiger partial charge in [-0.05, 0) is 25.5 Å². The van der Waals surface area contributed by atoms with Gasteiger partial charge in [0, 0.05) is 7.05 Å². The van der Waals surface area contributed by atoms with Crippen LogP contribution in [-0.2, 0) is 4.28 Å². The van der Waals surface area contributed by atoms with Crippen LogP contribution >= 0.6 is 25.7 Å². The Balaban J connectivity index is 0.00000512. The molecule has 0 bridgehead atoms. The van der Waals surface area contributed by atoms with Crippen molar-refractivity contribution in [1.82, 2.24) is 9.97 Å². The van der Waals surface area contributed by atoms with E-state index in [-0.39, 0.29) is 19.2 Å². The second-order valence-corrected chi connectivity index (χ2v) is 7.08. The predicted octanol–water partition coefficient (Wildman–Crippen LogP) is 5.13. The zero-order chi connectivity index (χ0) is 23.2. The minimum absolute atomic E-state index is 0. The summed E-state index contributed by atoms with van der Waals surface area (Å²) in [4.78, 5) is 7.14. The summed E-state index contributed by atoms with van der Waals surface area (Å²) in [6, 6.07) is 5.45. The summed E-state index contributed by atoms with van der Waals surface area (Å²) in [6.45, 7) is 0.302. The van der Waals surface area contributed by atoms with Crippen molar-refractivity contribution in [3.05, 3.63) is 35.7 Å². The van der Waals surface area contributed by atoms with Crippen molar-refractivity contribution in [2.45, 2.75) is 26.2 Å². The van der Waals surface area contributed by atoms with Crippen molar-refractivity contribution in [1.29, 1.82) is 0 Å². The van der Waals surface area contributed by atoms with E-state index in [2.05, 4.69) is 24.9 Å². The molecule has 15 heteroatoms. The van der Waals surface area contributed by atoms with Crippen molar-refractivity contribution >= 4 is 37.1 Å². The number of aromatic nitrogens is 2. The van der Waals surface area contributed by atoms with Gasteiger partial charge in [-0.3, -0.25) is 9.79 Å². The lowest BCUT2D eigenvalue weighted by Crippen LogP contribution is -2.23. The zero-order valence-corrected chi connectivity index (χ0v) is 18.8. The maximum absolute atomic E-state index is 12.5. The molecule has 0 atom stereocenters. The molecule has 1 N–H and O–H groups in total. The third-order valence-corrected chi connectivity index (χ3v) is 4.06. The van der Waals surface area contributed by atoms with Crippen LogP contribution in [0.4, 0.5) is 37.7 Å². The van der Waals surface area contributed by atoms with Gasteiger partial charge in [0.15, 0.2) is 18.9 Å². The van der Waals surface area contributed by atoms with Gasteiger partial charge in [0.25, 0.3) is 0 Å². The van der Waals surface area contributed by atoms with Gasteiger partial charge in [0.2, 0.25) is 11.8 Å². The normalized spacial score (nSPS) is 11.5. The highest BCUT2D eigenvalue weighted by Crippen LogP contribution is 2.38. The number of anilines is 2. The number of rotatable bonds is 9. The van der Waals surface area contributed by atoms with Crippen molar-refractivity contribution in [3.8, 4) is 11.8 Å². The highest BCUT2D eigenvalue weighted by Gasteiger charge is 2.32. The molecule has 32 heavy (non-hydrogen) atoms. The van der Waals surface area contributed by atoms with E-state index in [9.17, 15) is 26.3 Å². The Morgan fingerprint density at radius 2 is 1.50 bits per heavy atom. The lowest BCUT2D eigenvalue weighted by molar-refractivity contribution is -0.154. The van der Waals surface area contributed by atoms with Crippen LogP contribution in [0.5, 0.6) is 11.8 Å². The SMILES string of the molecule is Cc1ccc(NOSN(C)c2c(OCC(F)(F)F)ncnc2OCC(F)(F)F)c(C)c1.S. The highest BCUT2D eigenvalue weighted by molar-refractivity contribution is 7.96. The van der Waals surface area contributed by atoms with E-state index in [1.807, 2.05) is 26.0 Å². The topological polar surface area (TPSA) is 68.7 Å². The number of ether oxygens (including phenoxy) is 2. The van der Waals surface area contributed by atoms with Gasteiger partial charge in [0.1, 0.15) is 18.6 Å². The van der Waals surface area contributed by atoms with Crippen molar-refractivity contribution in [3.63, 3.8) is 0 Å². The van der Waals surface area contributed by atoms with Gasteiger partial charge < -0.3 is 9.47 Å². The Kier molecular flexibility index (Phi) is 10.0. The van der Waals surface area contributed by atoms with Crippen LogP contribution in [0.1, 0.15) is 11.1 Å². The molecule has 0 unspecified atom stereocenters. The Hall–Kier alpha value is -2.26. The van der Waals surface area contributed by atoms with Gasteiger partial charge in [-0.1, -0.05) is 17.7 Å². The molecule has 0 aliphatic carbocycles. The van der Waals surface area contributed by atoms with Crippen LogP contribution < -0.4 is 19.3 Å². The van der Waals surface area contributed by atoms with E-state index in [0.717, 1.165) is 21.8 Å². The third kappa shape index (κ3) is 9.08. The Morgan fingerprint density at radius 3 is 1.97 bits per heavy atom. The number of nitrogens with zero attached hydrogens (tertiary/aromatic N) is 3. The van der Waals surface area contributed by atoms with Crippen LogP contribution in [0.3, 0.4) is 0 Å². The molecule has 1 aromatic heterocycles. The molecule has 2 rings (SSSR count). The fourth-order valence-electron chi connectivity index (χ4n) is 2.21. The molecule has 0 saturated carbocycles. The van der Waals surface area contributed by atoms with Crippen LogP contribution in [-0.4, -0.2) is 42.6 Å². The average Bonchev–Trinajstić information content (AvgIpc) is 2.65.